The lowest BCUT2D eigenvalue weighted by atomic mass is 10.1. The molecule has 0 saturated carbocycles. The van der Waals surface area contributed by atoms with Gasteiger partial charge < -0.3 is 18.7 Å². The van der Waals surface area contributed by atoms with Crippen LogP contribution in [0, 0.1) is 3.57 Å². The van der Waals surface area contributed by atoms with Gasteiger partial charge in [-0.05, 0) is 83.3 Å². The van der Waals surface area contributed by atoms with E-state index in [9.17, 15) is 9.90 Å². The molecule has 6 aromatic rings. The number of halogens is 1. The second kappa shape index (κ2) is 12.4. The van der Waals surface area contributed by atoms with E-state index in [0.717, 1.165) is 28.3 Å². The molecule has 3 aromatic carbocycles. The standard InChI is InChI=1S/C17H13NO4.C14H9IN2O/c1-21-12-8-6-11(7-9-12)15-10-18-16(22-15)13-4-2-3-5-14(13)17(19)20;15-11-6-4-10(5-7-11)13-9-17-14(18-13)12-3-1-2-8-16-12/h2-10H,1H3,(H,19,20);1-9H. The van der Waals surface area contributed by atoms with Crippen molar-refractivity contribution in [2.75, 3.05) is 7.11 Å². The molecule has 0 bridgehead atoms. The molecule has 9 heteroatoms. The molecule has 0 saturated heterocycles. The highest BCUT2D eigenvalue weighted by Crippen LogP contribution is 2.29. The molecule has 0 fully saturated rings. The first kappa shape index (κ1) is 26.8. The molecule has 0 aliphatic carbocycles. The van der Waals surface area contributed by atoms with E-state index < -0.39 is 5.97 Å². The molecule has 198 valence electrons. The minimum atomic E-state index is -1.01. The van der Waals surface area contributed by atoms with Crippen LogP contribution in [0.1, 0.15) is 10.4 Å². The Morgan fingerprint density at radius 2 is 1.35 bits per heavy atom. The number of oxazole rings is 2. The molecular formula is C31H22IN3O5. The number of aromatic nitrogens is 3. The van der Waals surface area contributed by atoms with Gasteiger partial charge in [0.25, 0.3) is 0 Å². The van der Waals surface area contributed by atoms with Crippen LogP contribution in [0.25, 0.3) is 45.7 Å². The molecule has 0 radical (unpaired) electrons. The lowest BCUT2D eigenvalue weighted by Crippen LogP contribution is -1.98. The van der Waals surface area contributed by atoms with Crippen LogP contribution < -0.4 is 4.74 Å². The van der Waals surface area contributed by atoms with E-state index in [1.54, 1.807) is 43.9 Å². The molecule has 0 amide bonds. The number of aromatic carboxylic acids is 1. The van der Waals surface area contributed by atoms with Crippen LogP contribution in [0.2, 0.25) is 0 Å². The third-order valence-electron chi connectivity index (χ3n) is 5.79. The van der Waals surface area contributed by atoms with Gasteiger partial charge >= 0.3 is 5.97 Å². The molecule has 1 N–H and O–H groups in total. The summed E-state index contributed by atoms with van der Waals surface area (Å²) in [6.45, 7) is 0. The van der Waals surface area contributed by atoms with Crippen molar-refractivity contribution in [3.8, 4) is 51.4 Å². The van der Waals surface area contributed by atoms with Gasteiger partial charge in [-0.15, -0.1) is 0 Å². The van der Waals surface area contributed by atoms with Crippen LogP contribution in [0.5, 0.6) is 5.75 Å². The lowest BCUT2D eigenvalue weighted by Gasteiger charge is -2.02. The van der Waals surface area contributed by atoms with E-state index in [2.05, 4.69) is 37.5 Å². The minimum absolute atomic E-state index is 0.158. The van der Waals surface area contributed by atoms with Crippen molar-refractivity contribution in [2.24, 2.45) is 0 Å². The van der Waals surface area contributed by atoms with Gasteiger partial charge in [0, 0.05) is 20.9 Å². The third kappa shape index (κ3) is 6.26. The van der Waals surface area contributed by atoms with E-state index >= 15 is 0 Å². The summed E-state index contributed by atoms with van der Waals surface area (Å²) in [5.41, 5.74) is 3.21. The second-order valence-corrected chi connectivity index (χ2v) is 9.61. The first-order valence-corrected chi connectivity index (χ1v) is 13.2. The van der Waals surface area contributed by atoms with Crippen molar-refractivity contribution < 1.29 is 23.5 Å². The van der Waals surface area contributed by atoms with Gasteiger partial charge in [0.05, 0.1) is 30.6 Å². The molecule has 0 spiro atoms. The second-order valence-electron chi connectivity index (χ2n) is 8.36. The summed E-state index contributed by atoms with van der Waals surface area (Å²) in [7, 11) is 1.60. The summed E-state index contributed by atoms with van der Waals surface area (Å²) in [5.74, 6) is 1.89. The summed E-state index contributed by atoms with van der Waals surface area (Å²) in [6, 6.07) is 27.7. The Morgan fingerprint density at radius 1 is 0.750 bits per heavy atom. The van der Waals surface area contributed by atoms with Crippen molar-refractivity contribution >= 4 is 28.6 Å². The van der Waals surface area contributed by atoms with Crippen molar-refractivity contribution in [1.29, 1.82) is 0 Å². The van der Waals surface area contributed by atoms with Crippen molar-refractivity contribution in [3.63, 3.8) is 0 Å². The predicted molar refractivity (Wildman–Crippen MR) is 159 cm³/mol. The van der Waals surface area contributed by atoms with Crippen LogP contribution in [0.3, 0.4) is 0 Å². The fraction of sp³-hybridized carbons (Fsp3) is 0.0323. The van der Waals surface area contributed by atoms with Crippen LogP contribution in [-0.4, -0.2) is 33.1 Å². The van der Waals surface area contributed by atoms with Crippen LogP contribution in [-0.2, 0) is 0 Å². The first-order valence-electron chi connectivity index (χ1n) is 12.1. The molecule has 0 atom stereocenters. The van der Waals surface area contributed by atoms with E-state index in [1.807, 2.05) is 66.7 Å². The Bertz CT molecular complexity index is 1710. The van der Waals surface area contributed by atoms with Gasteiger partial charge in [-0.3, -0.25) is 4.98 Å². The average Bonchev–Trinajstić information content (AvgIpc) is 3.70. The molecule has 8 nitrogen and oxygen atoms in total. The number of carboxylic acid groups (broad SMARTS) is 1. The van der Waals surface area contributed by atoms with Gasteiger partial charge in [0.2, 0.25) is 11.8 Å². The Labute approximate surface area is 243 Å². The monoisotopic (exact) mass is 643 g/mol. The maximum atomic E-state index is 11.3. The summed E-state index contributed by atoms with van der Waals surface area (Å²) in [6.07, 6.45) is 5.03. The highest BCUT2D eigenvalue weighted by Gasteiger charge is 2.16. The number of hydrogen-bond donors (Lipinski definition) is 1. The molecule has 3 heterocycles. The lowest BCUT2D eigenvalue weighted by molar-refractivity contribution is 0.0697. The van der Waals surface area contributed by atoms with Gasteiger partial charge in [0.1, 0.15) is 11.4 Å². The predicted octanol–water partition coefficient (Wildman–Crippen LogP) is 7.72. The zero-order chi connectivity index (χ0) is 27.9. The van der Waals surface area contributed by atoms with E-state index in [1.165, 1.54) is 9.64 Å². The minimum Gasteiger partial charge on any atom is -0.497 e. The SMILES string of the molecule is COc1ccc(-c2cnc(-c3ccccc3C(=O)O)o2)cc1.Ic1ccc(-c2cnc(-c3ccccn3)o2)cc1. The first-order chi connectivity index (χ1) is 19.5. The summed E-state index contributed by atoms with van der Waals surface area (Å²) in [4.78, 5) is 23.9. The number of pyridine rings is 1. The Kier molecular flexibility index (Phi) is 8.31. The topological polar surface area (TPSA) is 111 Å². The molecule has 0 aliphatic heterocycles. The Hall–Kier alpha value is -4.77. The van der Waals surface area contributed by atoms with Crippen LogP contribution >= 0.6 is 22.6 Å². The van der Waals surface area contributed by atoms with Gasteiger partial charge in [-0.1, -0.05) is 30.3 Å². The van der Waals surface area contributed by atoms with Crippen LogP contribution in [0.4, 0.5) is 0 Å². The molecule has 0 unspecified atom stereocenters. The summed E-state index contributed by atoms with van der Waals surface area (Å²) >= 11 is 2.27. The zero-order valence-electron chi connectivity index (χ0n) is 21.2. The zero-order valence-corrected chi connectivity index (χ0v) is 23.3. The summed E-state index contributed by atoms with van der Waals surface area (Å²) < 4.78 is 17.7. The average molecular weight is 643 g/mol. The van der Waals surface area contributed by atoms with Crippen molar-refractivity contribution in [1.82, 2.24) is 15.0 Å². The summed E-state index contributed by atoms with van der Waals surface area (Å²) in [5, 5.41) is 9.23. The third-order valence-corrected chi connectivity index (χ3v) is 6.51. The molecular weight excluding hydrogens is 621 g/mol. The fourth-order valence-corrected chi connectivity index (χ4v) is 4.13. The van der Waals surface area contributed by atoms with E-state index in [4.69, 9.17) is 13.6 Å². The van der Waals surface area contributed by atoms with Crippen molar-refractivity contribution in [2.45, 2.75) is 0 Å². The van der Waals surface area contributed by atoms with E-state index in [-0.39, 0.29) is 11.5 Å². The highest BCUT2D eigenvalue weighted by molar-refractivity contribution is 14.1. The number of carbonyl (C=O) groups is 1. The highest BCUT2D eigenvalue weighted by atomic mass is 127. The number of ether oxygens (including phenoxy) is 1. The smallest absolute Gasteiger partial charge is 0.336 e. The number of carboxylic acids is 1. The molecule has 40 heavy (non-hydrogen) atoms. The number of hydrogen-bond acceptors (Lipinski definition) is 7. The largest absolute Gasteiger partial charge is 0.497 e. The fourth-order valence-electron chi connectivity index (χ4n) is 3.77. The normalized spacial score (nSPS) is 10.4. The van der Waals surface area contributed by atoms with Crippen molar-refractivity contribution in [3.05, 3.63) is 119 Å². The molecule has 3 aromatic heterocycles. The number of nitrogens with zero attached hydrogens (tertiary/aromatic N) is 3. The van der Waals surface area contributed by atoms with Gasteiger partial charge in [-0.25, -0.2) is 14.8 Å². The van der Waals surface area contributed by atoms with Crippen LogP contribution in [0.15, 0.2) is 118 Å². The van der Waals surface area contributed by atoms with E-state index in [0.29, 0.717) is 17.2 Å². The molecule has 6 rings (SSSR count). The van der Waals surface area contributed by atoms with Gasteiger partial charge in [0.15, 0.2) is 11.5 Å². The Balaban J connectivity index is 0.000000164. The number of methoxy groups -OCH3 is 1. The quantitative estimate of drug-likeness (QED) is 0.184. The maximum absolute atomic E-state index is 11.3. The number of benzene rings is 3. The molecule has 0 aliphatic rings. The maximum Gasteiger partial charge on any atom is 0.336 e. The van der Waals surface area contributed by atoms with Gasteiger partial charge in [-0.2, -0.15) is 0 Å². The number of rotatable bonds is 6. The Morgan fingerprint density at radius 3 is 1.98 bits per heavy atom.